The molecule has 0 radical (unpaired) electrons. The van der Waals surface area contributed by atoms with Crippen LogP contribution in [0.25, 0.3) is 77.3 Å². The highest BCUT2D eigenvalue weighted by Crippen LogP contribution is 2.51. The van der Waals surface area contributed by atoms with Crippen LogP contribution in [0.3, 0.4) is 0 Å². The molecule has 8 aromatic carbocycles. The summed E-state index contributed by atoms with van der Waals surface area (Å²) in [6, 6.07) is 62.9. The van der Waals surface area contributed by atoms with Gasteiger partial charge in [0.25, 0.3) is 0 Å². The van der Waals surface area contributed by atoms with Crippen LogP contribution in [-0.2, 0) is 5.41 Å². The molecule has 2 heterocycles. The third kappa shape index (κ3) is 4.61. The molecule has 0 saturated carbocycles. The molecule has 0 spiro atoms. The van der Waals surface area contributed by atoms with Crippen molar-refractivity contribution in [3.05, 3.63) is 187 Å². The lowest BCUT2D eigenvalue weighted by Gasteiger charge is -2.28. The van der Waals surface area contributed by atoms with Crippen LogP contribution in [-0.4, -0.2) is 0 Å². The summed E-state index contributed by atoms with van der Waals surface area (Å²) in [6.07, 6.45) is 0. The second-order valence-corrected chi connectivity index (χ2v) is 14.9. The van der Waals surface area contributed by atoms with Gasteiger partial charge in [0.15, 0.2) is 0 Å². The van der Waals surface area contributed by atoms with Crippen molar-refractivity contribution in [1.82, 2.24) is 0 Å². The number of furan rings is 2. The first-order chi connectivity index (χ1) is 26.5. The Kier molecular flexibility index (Phi) is 6.60. The molecule has 54 heavy (non-hydrogen) atoms. The minimum atomic E-state index is -0.121. The lowest BCUT2D eigenvalue weighted by atomic mass is 9.82. The second kappa shape index (κ2) is 11.6. The maximum absolute atomic E-state index is 6.76. The zero-order chi connectivity index (χ0) is 36.0. The SMILES string of the molecule is CC1(C)c2ccccc2-c2ccc(N(c3cccc(-c4ccccc4)c3)c3ccc4c(c3)oc3cc5c(cc34)oc3cccc(-c4ccccc4)c35)cc21. The predicted molar refractivity (Wildman–Crippen MR) is 224 cm³/mol. The summed E-state index contributed by atoms with van der Waals surface area (Å²) in [6.45, 7) is 4.68. The first-order valence-corrected chi connectivity index (χ1v) is 18.6. The molecule has 1 aliphatic rings. The molecule has 3 nitrogen and oxygen atoms in total. The van der Waals surface area contributed by atoms with Gasteiger partial charge in [-0.2, -0.15) is 0 Å². The summed E-state index contributed by atoms with van der Waals surface area (Å²) in [5.74, 6) is 0. The summed E-state index contributed by atoms with van der Waals surface area (Å²) in [4.78, 5) is 2.36. The topological polar surface area (TPSA) is 29.5 Å². The third-order valence-electron chi connectivity index (χ3n) is 11.5. The van der Waals surface area contributed by atoms with Gasteiger partial charge in [0.05, 0.1) is 0 Å². The monoisotopic (exact) mass is 693 g/mol. The van der Waals surface area contributed by atoms with Crippen LogP contribution in [0.15, 0.2) is 185 Å². The van der Waals surface area contributed by atoms with E-state index in [4.69, 9.17) is 8.83 Å². The van der Waals surface area contributed by atoms with Gasteiger partial charge in [-0.1, -0.05) is 129 Å². The largest absolute Gasteiger partial charge is 0.456 e. The fraction of sp³-hybridized carbons (Fsp3) is 0.0588. The van der Waals surface area contributed by atoms with Crippen molar-refractivity contribution in [2.24, 2.45) is 0 Å². The highest BCUT2D eigenvalue weighted by molar-refractivity contribution is 6.18. The summed E-state index contributed by atoms with van der Waals surface area (Å²) < 4.78 is 13.3. The molecule has 0 amide bonds. The van der Waals surface area contributed by atoms with Gasteiger partial charge in [0, 0.05) is 50.1 Å². The van der Waals surface area contributed by atoms with E-state index < -0.39 is 0 Å². The minimum Gasteiger partial charge on any atom is -0.456 e. The maximum atomic E-state index is 6.76. The Bertz CT molecular complexity index is 3080. The number of rotatable bonds is 5. The Morgan fingerprint density at radius 3 is 1.81 bits per heavy atom. The van der Waals surface area contributed by atoms with E-state index in [1.807, 2.05) is 6.07 Å². The second-order valence-electron chi connectivity index (χ2n) is 14.9. The molecule has 0 fully saturated rings. The third-order valence-corrected chi connectivity index (χ3v) is 11.5. The molecule has 256 valence electrons. The minimum absolute atomic E-state index is 0.121. The normalized spacial score (nSPS) is 13.1. The van der Waals surface area contributed by atoms with Gasteiger partial charge in [-0.25, -0.2) is 0 Å². The lowest BCUT2D eigenvalue weighted by molar-refractivity contribution is 0.660. The van der Waals surface area contributed by atoms with E-state index >= 15 is 0 Å². The van der Waals surface area contributed by atoms with Crippen molar-refractivity contribution in [2.45, 2.75) is 19.3 Å². The van der Waals surface area contributed by atoms with Crippen molar-refractivity contribution in [2.75, 3.05) is 4.90 Å². The molecule has 0 unspecified atom stereocenters. The van der Waals surface area contributed by atoms with Crippen LogP contribution >= 0.6 is 0 Å². The molecule has 11 rings (SSSR count). The van der Waals surface area contributed by atoms with E-state index in [-0.39, 0.29) is 5.41 Å². The van der Waals surface area contributed by atoms with E-state index in [0.29, 0.717) is 0 Å². The summed E-state index contributed by atoms with van der Waals surface area (Å²) >= 11 is 0. The van der Waals surface area contributed by atoms with Crippen molar-refractivity contribution < 1.29 is 8.83 Å². The molecular weight excluding hydrogens is 659 g/mol. The van der Waals surface area contributed by atoms with E-state index in [9.17, 15) is 0 Å². The van der Waals surface area contributed by atoms with Crippen molar-refractivity contribution in [3.8, 4) is 33.4 Å². The van der Waals surface area contributed by atoms with Crippen LogP contribution in [0, 0.1) is 0 Å². The number of fused-ring (bicyclic) bond motifs is 9. The van der Waals surface area contributed by atoms with E-state index in [1.54, 1.807) is 0 Å². The Balaban J connectivity index is 1.09. The van der Waals surface area contributed by atoms with Crippen LogP contribution < -0.4 is 4.90 Å². The highest BCUT2D eigenvalue weighted by atomic mass is 16.3. The fourth-order valence-electron chi connectivity index (χ4n) is 8.81. The van der Waals surface area contributed by atoms with Crippen molar-refractivity contribution in [3.63, 3.8) is 0 Å². The van der Waals surface area contributed by atoms with Gasteiger partial charge in [-0.15, -0.1) is 0 Å². The first-order valence-electron chi connectivity index (χ1n) is 18.6. The van der Waals surface area contributed by atoms with Crippen LogP contribution in [0.1, 0.15) is 25.0 Å². The molecule has 1 aliphatic carbocycles. The zero-order valence-corrected chi connectivity index (χ0v) is 30.0. The van der Waals surface area contributed by atoms with Crippen LogP contribution in [0.2, 0.25) is 0 Å². The number of hydrogen-bond donors (Lipinski definition) is 0. The molecule has 3 heteroatoms. The molecular formula is C51H35NO2. The molecule has 0 aliphatic heterocycles. The first kappa shape index (κ1) is 30.8. The zero-order valence-electron chi connectivity index (χ0n) is 30.0. The highest BCUT2D eigenvalue weighted by Gasteiger charge is 2.35. The molecule has 0 atom stereocenters. The lowest BCUT2D eigenvalue weighted by Crippen LogP contribution is -2.16. The average Bonchev–Trinajstić information content (AvgIpc) is 3.84. The van der Waals surface area contributed by atoms with E-state index in [2.05, 4.69) is 189 Å². The van der Waals surface area contributed by atoms with Crippen LogP contribution in [0.4, 0.5) is 17.1 Å². The standard InChI is InChI=1S/C51H35NO2/c1-51(2)44-21-10-9-19-39(44)40-25-23-36(28-45(40)51)52(35-18-11-17-34(27-35)32-13-5-3-6-14-32)37-24-26-41-42-30-49-43(31-48(42)54-47(41)29-37)50-38(20-12-22-46(50)53-49)33-15-7-4-8-16-33/h3-31H,1-2H3. The molecule has 0 bridgehead atoms. The Morgan fingerprint density at radius 2 is 0.963 bits per heavy atom. The molecule has 0 N–H and O–H groups in total. The van der Waals surface area contributed by atoms with Crippen molar-refractivity contribution >= 4 is 60.9 Å². The molecule has 0 saturated heterocycles. The van der Waals surface area contributed by atoms with Gasteiger partial charge in [-0.3, -0.25) is 0 Å². The Labute approximate surface area is 313 Å². The number of nitrogens with zero attached hydrogens (tertiary/aromatic N) is 1. The van der Waals surface area contributed by atoms with Gasteiger partial charge in [0.1, 0.15) is 22.3 Å². The smallest absolute Gasteiger partial charge is 0.137 e. The summed E-state index contributed by atoms with van der Waals surface area (Å²) in [5.41, 5.74) is 16.5. The Morgan fingerprint density at radius 1 is 0.370 bits per heavy atom. The van der Waals surface area contributed by atoms with E-state index in [0.717, 1.165) is 72.1 Å². The number of anilines is 3. The Hall–Kier alpha value is -6.84. The summed E-state index contributed by atoms with van der Waals surface area (Å²) in [5, 5.41) is 4.26. The van der Waals surface area contributed by atoms with Gasteiger partial charge in [-0.05, 0) is 99.1 Å². The average molecular weight is 694 g/mol. The predicted octanol–water partition coefficient (Wildman–Crippen LogP) is 14.6. The molecule has 2 aromatic heterocycles. The van der Waals surface area contributed by atoms with Gasteiger partial charge < -0.3 is 13.7 Å². The quantitative estimate of drug-likeness (QED) is 0.180. The fourth-order valence-corrected chi connectivity index (χ4v) is 8.81. The molecule has 10 aromatic rings. The summed E-state index contributed by atoms with van der Waals surface area (Å²) in [7, 11) is 0. The van der Waals surface area contributed by atoms with E-state index in [1.165, 1.54) is 33.4 Å². The van der Waals surface area contributed by atoms with Gasteiger partial charge in [0.2, 0.25) is 0 Å². The van der Waals surface area contributed by atoms with Crippen molar-refractivity contribution in [1.29, 1.82) is 0 Å². The van der Waals surface area contributed by atoms with Gasteiger partial charge >= 0.3 is 0 Å². The number of hydrogen-bond acceptors (Lipinski definition) is 3. The number of benzene rings is 8. The van der Waals surface area contributed by atoms with Crippen LogP contribution in [0.5, 0.6) is 0 Å². The maximum Gasteiger partial charge on any atom is 0.137 e.